The van der Waals surface area contributed by atoms with Gasteiger partial charge in [-0.05, 0) is 36.3 Å². The summed E-state index contributed by atoms with van der Waals surface area (Å²) >= 11 is 3.61. The van der Waals surface area contributed by atoms with Crippen molar-refractivity contribution >= 4 is 32.4 Å². The quantitative estimate of drug-likeness (QED) is 0.903. The second kappa shape index (κ2) is 5.93. The Morgan fingerprint density at radius 2 is 1.79 bits per heavy atom. The van der Waals surface area contributed by atoms with Gasteiger partial charge in [-0.25, -0.2) is 0 Å². The number of halogens is 1. The number of rotatable bonds is 3. The number of anilines is 1. The van der Waals surface area contributed by atoms with Gasteiger partial charge >= 0.3 is 0 Å². The van der Waals surface area contributed by atoms with Gasteiger partial charge in [0.05, 0.1) is 0 Å². The number of benzene rings is 2. The van der Waals surface area contributed by atoms with E-state index >= 15 is 0 Å². The molecule has 0 spiro atoms. The maximum Gasteiger partial charge on any atom is 0.0469 e. The van der Waals surface area contributed by atoms with Gasteiger partial charge in [-0.2, -0.15) is 0 Å². The number of hydrogen-bond donors (Lipinski definition) is 1. The van der Waals surface area contributed by atoms with Crippen molar-refractivity contribution in [2.75, 3.05) is 25.1 Å². The second-order valence-electron chi connectivity index (χ2n) is 5.08. The largest absolute Gasteiger partial charge is 0.384 e. The summed E-state index contributed by atoms with van der Waals surface area (Å²) in [6.45, 7) is 2.86. The predicted molar refractivity (Wildman–Crippen MR) is 83.7 cm³/mol. The van der Waals surface area contributed by atoms with Crippen LogP contribution in [0, 0.1) is 5.92 Å². The Bertz CT molecular complexity index is 564. The molecule has 2 aromatic rings. The van der Waals surface area contributed by atoms with Gasteiger partial charge in [-0.15, -0.1) is 0 Å². The van der Waals surface area contributed by atoms with Crippen molar-refractivity contribution in [2.45, 2.75) is 12.8 Å². The molecule has 3 heteroatoms. The maximum atomic E-state index is 5.40. The number of ether oxygens (including phenoxy) is 1. The molecular weight excluding hydrogens is 302 g/mol. The summed E-state index contributed by atoms with van der Waals surface area (Å²) in [5, 5.41) is 6.15. The van der Waals surface area contributed by atoms with Crippen LogP contribution in [0.4, 0.5) is 5.69 Å². The average molecular weight is 320 g/mol. The minimum atomic E-state index is 0.733. The first-order valence-corrected chi connectivity index (χ1v) is 7.63. The van der Waals surface area contributed by atoms with Crippen LogP contribution in [0.25, 0.3) is 10.8 Å². The molecule has 100 valence electrons. The fourth-order valence-corrected chi connectivity index (χ4v) is 3.10. The van der Waals surface area contributed by atoms with Gasteiger partial charge in [-0.1, -0.05) is 40.2 Å². The molecule has 1 aliphatic rings. The molecule has 0 bridgehead atoms. The van der Waals surface area contributed by atoms with Gasteiger partial charge < -0.3 is 10.1 Å². The van der Waals surface area contributed by atoms with Crippen LogP contribution >= 0.6 is 15.9 Å². The first-order chi connectivity index (χ1) is 9.34. The Morgan fingerprint density at radius 3 is 2.58 bits per heavy atom. The van der Waals surface area contributed by atoms with Gasteiger partial charge in [0.2, 0.25) is 0 Å². The molecular formula is C16H18BrNO. The first kappa shape index (κ1) is 12.9. The van der Waals surface area contributed by atoms with Crippen LogP contribution in [0.15, 0.2) is 40.9 Å². The molecule has 3 rings (SSSR count). The van der Waals surface area contributed by atoms with Crippen LogP contribution < -0.4 is 5.32 Å². The summed E-state index contributed by atoms with van der Waals surface area (Å²) < 4.78 is 6.56. The Hall–Kier alpha value is -1.06. The third-order valence-corrected chi connectivity index (χ3v) is 4.48. The second-order valence-corrected chi connectivity index (χ2v) is 5.93. The Morgan fingerprint density at radius 1 is 1.05 bits per heavy atom. The summed E-state index contributed by atoms with van der Waals surface area (Å²) in [7, 11) is 0. The van der Waals surface area contributed by atoms with Crippen molar-refractivity contribution in [3.63, 3.8) is 0 Å². The first-order valence-electron chi connectivity index (χ1n) is 6.83. The van der Waals surface area contributed by atoms with Crippen LogP contribution in [-0.2, 0) is 4.74 Å². The molecule has 0 unspecified atom stereocenters. The highest BCUT2D eigenvalue weighted by Crippen LogP contribution is 2.30. The molecule has 0 saturated carbocycles. The summed E-state index contributed by atoms with van der Waals surface area (Å²) in [5.41, 5.74) is 1.23. The lowest BCUT2D eigenvalue weighted by Crippen LogP contribution is -2.22. The minimum Gasteiger partial charge on any atom is -0.384 e. The highest BCUT2D eigenvalue weighted by atomic mass is 79.9. The molecule has 0 amide bonds. The van der Waals surface area contributed by atoms with Crippen LogP contribution in [0.1, 0.15) is 12.8 Å². The van der Waals surface area contributed by atoms with E-state index in [1.54, 1.807) is 0 Å². The zero-order valence-corrected chi connectivity index (χ0v) is 12.4. The summed E-state index contributed by atoms with van der Waals surface area (Å²) in [6, 6.07) is 12.8. The zero-order chi connectivity index (χ0) is 13.1. The SMILES string of the molecule is Brc1ccc(NCC2CCOCC2)c2ccccc12. The smallest absolute Gasteiger partial charge is 0.0469 e. The standard InChI is InChI=1S/C16H18BrNO/c17-15-5-6-16(14-4-2-1-3-13(14)15)18-11-12-7-9-19-10-8-12/h1-6,12,18H,7-11H2. The highest BCUT2D eigenvalue weighted by molar-refractivity contribution is 9.10. The summed E-state index contributed by atoms with van der Waals surface area (Å²) in [4.78, 5) is 0. The Kier molecular flexibility index (Phi) is 4.04. The van der Waals surface area contributed by atoms with Gasteiger partial charge in [0.25, 0.3) is 0 Å². The topological polar surface area (TPSA) is 21.3 Å². The molecule has 1 aliphatic heterocycles. The number of hydrogen-bond acceptors (Lipinski definition) is 2. The van der Waals surface area contributed by atoms with E-state index in [0.29, 0.717) is 0 Å². The van der Waals surface area contributed by atoms with E-state index in [1.165, 1.54) is 29.3 Å². The van der Waals surface area contributed by atoms with E-state index in [0.717, 1.165) is 30.1 Å². The van der Waals surface area contributed by atoms with E-state index in [9.17, 15) is 0 Å². The van der Waals surface area contributed by atoms with Crippen molar-refractivity contribution in [2.24, 2.45) is 5.92 Å². The lowest BCUT2D eigenvalue weighted by molar-refractivity contribution is 0.0699. The molecule has 2 nitrogen and oxygen atoms in total. The van der Waals surface area contributed by atoms with E-state index in [1.807, 2.05) is 0 Å². The average Bonchev–Trinajstić information content (AvgIpc) is 2.48. The highest BCUT2D eigenvalue weighted by Gasteiger charge is 2.13. The van der Waals surface area contributed by atoms with Crippen LogP contribution in [0.3, 0.4) is 0 Å². The Balaban J connectivity index is 1.79. The van der Waals surface area contributed by atoms with Gasteiger partial charge in [0.1, 0.15) is 0 Å². The lowest BCUT2D eigenvalue weighted by atomic mass is 10.00. The maximum absolute atomic E-state index is 5.40. The molecule has 19 heavy (non-hydrogen) atoms. The lowest BCUT2D eigenvalue weighted by Gasteiger charge is -2.23. The van der Waals surface area contributed by atoms with E-state index < -0.39 is 0 Å². The summed E-state index contributed by atoms with van der Waals surface area (Å²) in [6.07, 6.45) is 2.34. The van der Waals surface area contributed by atoms with Crippen molar-refractivity contribution < 1.29 is 4.74 Å². The third kappa shape index (κ3) is 2.93. The molecule has 0 aliphatic carbocycles. The van der Waals surface area contributed by atoms with Crippen molar-refractivity contribution in [3.05, 3.63) is 40.9 Å². The van der Waals surface area contributed by atoms with E-state index in [4.69, 9.17) is 4.74 Å². The van der Waals surface area contributed by atoms with Crippen molar-refractivity contribution in [3.8, 4) is 0 Å². The molecule has 2 aromatic carbocycles. The van der Waals surface area contributed by atoms with Crippen LogP contribution in [0.5, 0.6) is 0 Å². The van der Waals surface area contributed by atoms with Crippen LogP contribution in [0.2, 0.25) is 0 Å². The molecule has 1 N–H and O–H groups in total. The number of fused-ring (bicyclic) bond motifs is 1. The molecule has 0 radical (unpaired) electrons. The third-order valence-electron chi connectivity index (χ3n) is 3.79. The molecule has 1 heterocycles. The van der Waals surface area contributed by atoms with E-state index in [2.05, 4.69) is 57.6 Å². The van der Waals surface area contributed by atoms with Crippen molar-refractivity contribution in [1.29, 1.82) is 0 Å². The van der Waals surface area contributed by atoms with Gasteiger partial charge in [0.15, 0.2) is 0 Å². The fourth-order valence-electron chi connectivity index (χ4n) is 2.62. The normalized spacial score (nSPS) is 16.7. The monoisotopic (exact) mass is 319 g/mol. The zero-order valence-electron chi connectivity index (χ0n) is 10.9. The van der Waals surface area contributed by atoms with Crippen LogP contribution in [-0.4, -0.2) is 19.8 Å². The number of nitrogens with one attached hydrogen (secondary N) is 1. The fraction of sp³-hybridized carbons (Fsp3) is 0.375. The summed E-state index contributed by atoms with van der Waals surface area (Å²) in [5.74, 6) is 0.733. The predicted octanol–water partition coefficient (Wildman–Crippen LogP) is 4.44. The molecule has 0 atom stereocenters. The molecule has 1 saturated heterocycles. The minimum absolute atomic E-state index is 0.733. The van der Waals surface area contributed by atoms with Gasteiger partial charge in [0, 0.05) is 35.3 Å². The van der Waals surface area contributed by atoms with Crippen molar-refractivity contribution in [1.82, 2.24) is 0 Å². The molecule has 0 aromatic heterocycles. The van der Waals surface area contributed by atoms with E-state index in [-0.39, 0.29) is 0 Å². The molecule has 1 fully saturated rings. The van der Waals surface area contributed by atoms with Gasteiger partial charge in [-0.3, -0.25) is 0 Å². The Labute approximate surface area is 122 Å².